The van der Waals surface area contributed by atoms with Crippen LogP contribution in [0, 0.1) is 5.82 Å². The van der Waals surface area contributed by atoms with E-state index in [4.69, 9.17) is 4.98 Å². The number of halogens is 1. The number of aromatic nitrogens is 3. The molecule has 0 saturated heterocycles. The van der Waals surface area contributed by atoms with Gasteiger partial charge in [-0.15, -0.1) is 0 Å². The summed E-state index contributed by atoms with van der Waals surface area (Å²) >= 11 is 0. The number of fused-ring (bicyclic) bond motifs is 1. The highest BCUT2D eigenvalue weighted by atomic mass is 19.1. The molecular weight excluding hydrogens is 355 g/mol. The maximum Gasteiger partial charge on any atom is 0.270 e. The number of pyridine rings is 1. The zero-order valence-corrected chi connectivity index (χ0v) is 15.3. The van der Waals surface area contributed by atoms with Crippen LogP contribution in [-0.2, 0) is 6.54 Å². The maximum atomic E-state index is 14.2. The molecule has 0 aliphatic heterocycles. The van der Waals surface area contributed by atoms with Crippen molar-refractivity contribution in [3.8, 4) is 0 Å². The van der Waals surface area contributed by atoms with Crippen LogP contribution in [0.5, 0.6) is 0 Å². The van der Waals surface area contributed by atoms with E-state index in [1.165, 1.54) is 6.07 Å². The molecule has 1 amide bonds. The highest BCUT2D eigenvalue weighted by molar-refractivity contribution is 5.92. The monoisotopic (exact) mass is 374 g/mol. The Hall–Kier alpha value is -3.54. The third-order valence-electron chi connectivity index (χ3n) is 4.60. The standard InChI is InChI=1S/C22H19FN4O/c1-15(25-22(28)19-11-6-7-13-24-19)21-26-18-10-4-5-12-20(18)27(21)14-16-8-2-3-9-17(16)23/h2-13,15H,14H2,1H3,(H,25,28). The van der Waals surface area contributed by atoms with Crippen molar-refractivity contribution >= 4 is 16.9 Å². The number of hydrogen-bond donors (Lipinski definition) is 1. The summed E-state index contributed by atoms with van der Waals surface area (Å²) in [5, 5.41) is 2.94. The molecular formula is C22H19FN4O. The first kappa shape index (κ1) is 17.9. The summed E-state index contributed by atoms with van der Waals surface area (Å²) in [5.74, 6) is 0.114. The van der Waals surface area contributed by atoms with Gasteiger partial charge in [0, 0.05) is 11.8 Å². The summed E-state index contributed by atoms with van der Waals surface area (Å²) in [5.41, 5.74) is 2.59. The zero-order valence-electron chi connectivity index (χ0n) is 15.3. The van der Waals surface area contributed by atoms with Crippen molar-refractivity contribution in [2.75, 3.05) is 0 Å². The second-order valence-corrected chi connectivity index (χ2v) is 6.55. The van der Waals surface area contributed by atoms with Gasteiger partial charge >= 0.3 is 0 Å². The Kier molecular flexibility index (Phi) is 4.85. The molecule has 2 heterocycles. The van der Waals surface area contributed by atoms with Crippen molar-refractivity contribution in [2.45, 2.75) is 19.5 Å². The van der Waals surface area contributed by atoms with Gasteiger partial charge < -0.3 is 9.88 Å². The van der Waals surface area contributed by atoms with Crippen molar-refractivity contribution in [1.82, 2.24) is 19.9 Å². The molecule has 0 fully saturated rings. The van der Waals surface area contributed by atoms with E-state index in [9.17, 15) is 9.18 Å². The minimum atomic E-state index is -0.381. The van der Waals surface area contributed by atoms with E-state index in [2.05, 4.69) is 10.3 Å². The molecule has 0 saturated carbocycles. The van der Waals surface area contributed by atoms with Crippen molar-refractivity contribution in [3.05, 3.63) is 95.8 Å². The Bertz CT molecular complexity index is 1120. The first-order valence-electron chi connectivity index (χ1n) is 9.04. The Morgan fingerprint density at radius 2 is 1.82 bits per heavy atom. The molecule has 0 aliphatic rings. The average Bonchev–Trinajstić information content (AvgIpc) is 3.09. The lowest BCUT2D eigenvalue weighted by molar-refractivity contribution is 0.0932. The molecule has 1 atom stereocenters. The number of amides is 1. The van der Waals surface area contributed by atoms with Crippen molar-refractivity contribution in [2.24, 2.45) is 0 Å². The number of para-hydroxylation sites is 2. The Labute approximate surface area is 161 Å². The van der Waals surface area contributed by atoms with E-state index in [1.54, 1.807) is 36.5 Å². The second-order valence-electron chi connectivity index (χ2n) is 6.55. The molecule has 1 unspecified atom stereocenters. The largest absolute Gasteiger partial charge is 0.341 e. The van der Waals surface area contributed by atoms with Crippen LogP contribution >= 0.6 is 0 Å². The first-order valence-corrected chi connectivity index (χ1v) is 9.04. The SMILES string of the molecule is CC(NC(=O)c1ccccn1)c1nc2ccccc2n1Cc1ccccc1F. The highest BCUT2D eigenvalue weighted by Gasteiger charge is 2.20. The molecule has 4 aromatic rings. The summed E-state index contributed by atoms with van der Waals surface area (Å²) in [6.45, 7) is 2.19. The number of hydrogen-bond acceptors (Lipinski definition) is 3. The normalized spacial score (nSPS) is 12.1. The minimum absolute atomic E-state index is 0.267. The third-order valence-corrected chi connectivity index (χ3v) is 4.60. The predicted molar refractivity (Wildman–Crippen MR) is 105 cm³/mol. The van der Waals surface area contributed by atoms with Crippen LogP contribution in [-0.4, -0.2) is 20.4 Å². The van der Waals surface area contributed by atoms with Gasteiger partial charge in [-0.3, -0.25) is 9.78 Å². The van der Waals surface area contributed by atoms with E-state index < -0.39 is 0 Å². The van der Waals surface area contributed by atoms with E-state index in [1.807, 2.05) is 41.8 Å². The Balaban J connectivity index is 1.70. The second kappa shape index (κ2) is 7.60. The predicted octanol–water partition coefficient (Wildman–Crippen LogP) is 4.11. The fraction of sp³-hybridized carbons (Fsp3) is 0.136. The number of nitrogens with zero attached hydrogens (tertiary/aromatic N) is 3. The lowest BCUT2D eigenvalue weighted by Crippen LogP contribution is -2.29. The van der Waals surface area contributed by atoms with E-state index in [-0.39, 0.29) is 17.8 Å². The molecule has 4 rings (SSSR count). The van der Waals surface area contributed by atoms with Gasteiger partial charge in [0.15, 0.2) is 0 Å². The first-order chi connectivity index (χ1) is 13.6. The number of benzene rings is 2. The smallest absolute Gasteiger partial charge is 0.270 e. The molecule has 0 aliphatic carbocycles. The molecule has 2 aromatic carbocycles. The van der Waals surface area contributed by atoms with Crippen molar-refractivity contribution in [1.29, 1.82) is 0 Å². The van der Waals surface area contributed by atoms with Gasteiger partial charge in [0.25, 0.3) is 5.91 Å². The van der Waals surface area contributed by atoms with Crippen molar-refractivity contribution in [3.63, 3.8) is 0 Å². The molecule has 0 spiro atoms. The molecule has 0 bridgehead atoms. The van der Waals surface area contributed by atoms with Crippen molar-refractivity contribution < 1.29 is 9.18 Å². The van der Waals surface area contributed by atoms with Crippen LogP contribution in [0.3, 0.4) is 0 Å². The van der Waals surface area contributed by atoms with Crippen LogP contribution in [0.4, 0.5) is 4.39 Å². The molecule has 140 valence electrons. The number of rotatable bonds is 5. The molecule has 28 heavy (non-hydrogen) atoms. The number of nitrogens with one attached hydrogen (secondary N) is 1. The molecule has 5 nitrogen and oxygen atoms in total. The summed E-state index contributed by atoms with van der Waals surface area (Å²) in [7, 11) is 0. The van der Waals surface area contributed by atoms with Crippen LogP contribution in [0.15, 0.2) is 72.9 Å². The lowest BCUT2D eigenvalue weighted by atomic mass is 10.2. The van der Waals surface area contributed by atoms with E-state index in [0.717, 1.165) is 11.0 Å². The minimum Gasteiger partial charge on any atom is -0.341 e. The van der Waals surface area contributed by atoms with Crippen LogP contribution in [0.2, 0.25) is 0 Å². The van der Waals surface area contributed by atoms with Gasteiger partial charge in [0.05, 0.1) is 23.6 Å². The van der Waals surface area contributed by atoms with Crippen LogP contribution in [0.25, 0.3) is 11.0 Å². The van der Waals surface area contributed by atoms with Crippen LogP contribution in [0.1, 0.15) is 34.8 Å². The third kappa shape index (κ3) is 3.49. The summed E-state index contributed by atoms with van der Waals surface area (Å²) in [6, 6.07) is 19.2. The van der Waals surface area contributed by atoms with Gasteiger partial charge in [-0.25, -0.2) is 9.37 Å². The fourth-order valence-corrected chi connectivity index (χ4v) is 3.22. The summed E-state index contributed by atoms with van der Waals surface area (Å²) in [6.07, 6.45) is 1.58. The zero-order chi connectivity index (χ0) is 19.5. The Morgan fingerprint density at radius 1 is 1.07 bits per heavy atom. The summed E-state index contributed by atoms with van der Waals surface area (Å²) < 4.78 is 16.2. The molecule has 0 radical (unpaired) electrons. The Morgan fingerprint density at radius 3 is 2.61 bits per heavy atom. The fourth-order valence-electron chi connectivity index (χ4n) is 3.22. The molecule has 6 heteroatoms. The molecule has 2 aromatic heterocycles. The number of imidazole rings is 1. The number of carbonyl (C=O) groups is 1. The molecule has 1 N–H and O–H groups in total. The van der Waals surface area contributed by atoms with Gasteiger partial charge in [0.1, 0.15) is 17.3 Å². The quantitative estimate of drug-likeness (QED) is 0.572. The highest BCUT2D eigenvalue weighted by Crippen LogP contribution is 2.23. The van der Waals surface area contributed by atoms with Crippen LogP contribution < -0.4 is 5.32 Å². The topological polar surface area (TPSA) is 59.8 Å². The van der Waals surface area contributed by atoms with E-state index in [0.29, 0.717) is 23.6 Å². The maximum absolute atomic E-state index is 14.2. The van der Waals surface area contributed by atoms with Gasteiger partial charge in [-0.05, 0) is 37.3 Å². The lowest BCUT2D eigenvalue weighted by Gasteiger charge is -2.16. The van der Waals surface area contributed by atoms with Gasteiger partial charge in [0.2, 0.25) is 0 Å². The van der Waals surface area contributed by atoms with Gasteiger partial charge in [-0.2, -0.15) is 0 Å². The summed E-state index contributed by atoms with van der Waals surface area (Å²) in [4.78, 5) is 21.3. The number of carbonyl (C=O) groups excluding carboxylic acids is 1. The average molecular weight is 374 g/mol. The van der Waals surface area contributed by atoms with Gasteiger partial charge in [-0.1, -0.05) is 36.4 Å². The van der Waals surface area contributed by atoms with E-state index >= 15 is 0 Å².